The van der Waals surface area contributed by atoms with Crippen molar-refractivity contribution in [1.82, 2.24) is 0 Å². The van der Waals surface area contributed by atoms with E-state index in [4.69, 9.17) is 10.5 Å². The average molecular weight is 330 g/mol. The molecule has 3 nitrogen and oxygen atoms in total. The third kappa shape index (κ3) is 5.15. The molecule has 0 radical (unpaired) electrons. The van der Waals surface area contributed by atoms with Gasteiger partial charge in [0.15, 0.2) is 0 Å². The van der Waals surface area contributed by atoms with E-state index in [1.807, 2.05) is 0 Å². The highest BCUT2D eigenvalue weighted by atomic mass is 35.5. The Labute approximate surface area is 141 Å². The minimum absolute atomic E-state index is 0. The van der Waals surface area contributed by atoms with Crippen LogP contribution in [0, 0.1) is 0 Å². The third-order valence-corrected chi connectivity index (χ3v) is 3.76. The molecule has 0 aromatic heterocycles. The molecule has 4 heteroatoms. The van der Waals surface area contributed by atoms with Crippen molar-refractivity contribution in [3.8, 4) is 5.75 Å². The maximum atomic E-state index is 9.25. The first kappa shape index (κ1) is 21.2. The van der Waals surface area contributed by atoms with E-state index in [2.05, 4.69) is 53.7 Å². The number of halogens is 1. The molecule has 128 valence electrons. The second kappa shape index (κ2) is 7.67. The molecule has 22 heavy (non-hydrogen) atoms. The van der Waals surface area contributed by atoms with E-state index in [9.17, 15) is 5.11 Å². The summed E-state index contributed by atoms with van der Waals surface area (Å²) in [5.74, 6) is 0.902. The lowest BCUT2D eigenvalue weighted by molar-refractivity contribution is 0.264. The van der Waals surface area contributed by atoms with Gasteiger partial charge in [0.1, 0.15) is 5.75 Å². The van der Waals surface area contributed by atoms with Crippen LogP contribution in [0.1, 0.15) is 58.2 Å². The number of benzene rings is 1. The van der Waals surface area contributed by atoms with Gasteiger partial charge in [-0.05, 0) is 28.4 Å². The first-order valence-corrected chi connectivity index (χ1v) is 7.59. The lowest BCUT2D eigenvalue weighted by Gasteiger charge is -2.29. The summed E-state index contributed by atoms with van der Waals surface area (Å²) in [6.07, 6.45) is 0.618. The second-order valence-electron chi connectivity index (χ2n) is 7.86. The van der Waals surface area contributed by atoms with E-state index in [1.165, 1.54) is 11.1 Å². The van der Waals surface area contributed by atoms with Crippen molar-refractivity contribution in [2.45, 2.75) is 64.8 Å². The summed E-state index contributed by atoms with van der Waals surface area (Å²) in [6.45, 7) is 13.2. The van der Waals surface area contributed by atoms with Crippen LogP contribution in [0.3, 0.4) is 0 Å². The number of aliphatic hydroxyl groups is 1. The Morgan fingerprint density at radius 3 is 2.00 bits per heavy atom. The lowest BCUT2D eigenvalue weighted by Crippen LogP contribution is -2.28. The maximum absolute atomic E-state index is 9.25. The van der Waals surface area contributed by atoms with Crippen LogP contribution in [0.5, 0.6) is 5.75 Å². The largest absolute Gasteiger partial charge is 0.496 e. The molecule has 0 heterocycles. The van der Waals surface area contributed by atoms with E-state index >= 15 is 0 Å². The molecular weight excluding hydrogens is 298 g/mol. The van der Waals surface area contributed by atoms with Crippen LogP contribution in [0.15, 0.2) is 12.1 Å². The standard InChI is InChI=1S/C18H31NO2.ClH/c1-17(2,3)13-8-12(9-14(19)11-20)16(21-7)15(10-13)18(4,5)6;/h8,10,14,20H,9,11,19H2,1-7H3;1H. The molecule has 0 aliphatic heterocycles. The number of ether oxygens (including phenoxy) is 1. The minimum atomic E-state index is -0.262. The molecule has 0 aliphatic carbocycles. The SMILES string of the molecule is COc1c(CC(N)CO)cc(C(C)(C)C)cc1C(C)(C)C.Cl. The molecule has 0 bridgehead atoms. The lowest BCUT2D eigenvalue weighted by atomic mass is 9.78. The molecule has 1 rings (SSSR count). The Kier molecular flexibility index (Phi) is 7.40. The van der Waals surface area contributed by atoms with E-state index in [0.29, 0.717) is 6.42 Å². The number of methoxy groups -OCH3 is 1. The summed E-state index contributed by atoms with van der Waals surface area (Å²) in [5, 5.41) is 9.25. The highest BCUT2D eigenvalue weighted by molar-refractivity contribution is 5.85. The summed E-state index contributed by atoms with van der Waals surface area (Å²) in [6, 6.07) is 4.15. The van der Waals surface area contributed by atoms with E-state index in [-0.39, 0.29) is 35.9 Å². The van der Waals surface area contributed by atoms with Gasteiger partial charge in [0.25, 0.3) is 0 Å². The number of hydrogen-bond acceptors (Lipinski definition) is 3. The maximum Gasteiger partial charge on any atom is 0.125 e. The zero-order valence-electron chi connectivity index (χ0n) is 15.0. The van der Waals surface area contributed by atoms with Crippen LogP contribution < -0.4 is 10.5 Å². The number of nitrogens with two attached hydrogens (primary N) is 1. The monoisotopic (exact) mass is 329 g/mol. The normalized spacial score (nSPS) is 13.5. The van der Waals surface area contributed by atoms with Crippen molar-refractivity contribution >= 4 is 12.4 Å². The van der Waals surface area contributed by atoms with Crippen LogP contribution in [0.2, 0.25) is 0 Å². The first-order chi connectivity index (χ1) is 9.50. The van der Waals surface area contributed by atoms with Crippen molar-refractivity contribution in [2.75, 3.05) is 13.7 Å². The zero-order chi connectivity index (χ0) is 16.4. The second-order valence-corrected chi connectivity index (χ2v) is 7.86. The summed E-state index contributed by atoms with van der Waals surface area (Å²) in [4.78, 5) is 0. The van der Waals surface area contributed by atoms with Crippen LogP contribution in [0.25, 0.3) is 0 Å². The summed E-state index contributed by atoms with van der Waals surface area (Å²) >= 11 is 0. The minimum Gasteiger partial charge on any atom is -0.496 e. The van der Waals surface area contributed by atoms with Crippen molar-refractivity contribution in [3.63, 3.8) is 0 Å². The van der Waals surface area contributed by atoms with E-state index in [0.717, 1.165) is 11.3 Å². The highest BCUT2D eigenvalue weighted by Gasteiger charge is 2.26. The molecule has 1 atom stereocenters. The zero-order valence-corrected chi connectivity index (χ0v) is 15.8. The van der Waals surface area contributed by atoms with Crippen LogP contribution in [0.4, 0.5) is 0 Å². The van der Waals surface area contributed by atoms with Gasteiger partial charge in [0.05, 0.1) is 13.7 Å². The van der Waals surface area contributed by atoms with Crippen molar-refractivity contribution in [2.24, 2.45) is 5.73 Å². The van der Waals surface area contributed by atoms with Gasteiger partial charge >= 0.3 is 0 Å². The third-order valence-electron chi connectivity index (χ3n) is 3.76. The predicted molar refractivity (Wildman–Crippen MR) is 96.4 cm³/mol. The molecule has 1 aromatic rings. The van der Waals surface area contributed by atoms with E-state index < -0.39 is 0 Å². The summed E-state index contributed by atoms with van der Waals surface area (Å²) < 4.78 is 5.68. The smallest absolute Gasteiger partial charge is 0.125 e. The van der Waals surface area contributed by atoms with Gasteiger partial charge in [0.2, 0.25) is 0 Å². The Morgan fingerprint density at radius 1 is 1.09 bits per heavy atom. The van der Waals surface area contributed by atoms with E-state index in [1.54, 1.807) is 7.11 Å². The predicted octanol–water partition coefficient (Wildman–Crippen LogP) is 3.57. The Balaban J connectivity index is 0.00000441. The molecular formula is C18H32ClNO2. The van der Waals surface area contributed by atoms with Gasteiger partial charge in [-0.2, -0.15) is 0 Å². The van der Waals surface area contributed by atoms with Crippen LogP contribution in [-0.4, -0.2) is 24.9 Å². The quantitative estimate of drug-likeness (QED) is 0.887. The number of aliphatic hydroxyl groups excluding tert-OH is 1. The molecule has 0 fully saturated rings. The van der Waals surface area contributed by atoms with Gasteiger partial charge in [-0.15, -0.1) is 12.4 Å². The highest BCUT2D eigenvalue weighted by Crippen LogP contribution is 2.38. The van der Waals surface area contributed by atoms with Crippen LogP contribution >= 0.6 is 12.4 Å². The first-order valence-electron chi connectivity index (χ1n) is 7.59. The Morgan fingerprint density at radius 2 is 1.64 bits per heavy atom. The fourth-order valence-electron chi connectivity index (χ4n) is 2.42. The molecule has 3 N–H and O–H groups in total. The van der Waals surface area contributed by atoms with Gasteiger partial charge < -0.3 is 15.6 Å². The average Bonchev–Trinajstić information content (AvgIpc) is 2.35. The van der Waals surface area contributed by atoms with Gasteiger partial charge in [-0.1, -0.05) is 53.7 Å². The number of hydrogen-bond donors (Lipinski definition) is 2. The fraction of sp³-hybridized carbons (Fsp3) is 0.667. The summed E-state index contributed by atoms with van der Waals surface area (Å²) in [5.41, 5.74) is 9.54. The Bertz CT molecular complexity index is 487. The van der Waals surface area contributed by atoms with Crippen molar-refractivity contribution < 1.29 is 9.84 Å². The Hall–Kier alpha value is -0.770. The summed E-state index contributed by atoms with van der Waals surface area (Å²) in [7, 11) is 1.70. The van der Waals surface area contributed by atoms with Crippen LogP contribution in [-0.2, 0) is 17.3 Å². The van der Waals surface area contributed by atoms with Gasteiger partial charge in [-0.25, -0.2) is 0 Å². The molecule has 0 spiro atoms. The molecule has 0 amide bonds. The molecule has 0 saturated carbocycles. The fourth-order valence-corrected chi connectivity index (χ4v) is 2.42. The molecule has 1 unspecified atom stereocenters. The molecule has 0 saturated heterocycles. The topological polar surface area (TPSA) is 55.5 Å². The van der Waals surface area contributed by atoms with Gasteiger partial charge in [0, 0.05) is 11.6 Å². The van der Waals surface area contributed by atoms with Crippen molar-refractivity contribution in [3.05, 3.63) is 28.8 Å². The number of rotatable bonds is 4. The molecule has 1 aromatic carbocycles. The van der Waals surface area contributed by atoms with Crippen molar-refractivity contribution in [1.29, 1.82) is 0 Å². The molecule has 0 aliphatic rings. The van der Waals surface area contributed by atoms with Gasteiger partial charge in [-0.3, -0.25) is 0 Å².